The summed E-state index contributed by atoms with van der Waals surface area (Å²) in [5.74, 6) is -0.204. The normalized spacial score (nSPS) is 18.8. The van der Waals surface area contributed by atoms with E-state index in [9.17, 15) is 4.79 Å². The van der Waals surface area contributed by atoms with E-state index in [2.05, 4.69) is 45.9 Å². The second-order valence-electron chi connectivity index (χ2n) is 8.40. The summed E-state index contributed by atoms with van der Waals surface area (Å²) in [6.45, 7) is 11.7. The van der Waals surface area contributed by atoms with Gasteiger partial charge in [0.1, 0.15) is 6.61 Å². The predicted molar refractivity (Wildman–Crippen MR) is 116 cm³/mol. The molecule has 3 nitrogen and oxygen atoms in total. The molecule has 0 saturated heterocycles. The lowest BCUT2D eigenvalue weighted by atomic mass is 9.72. The van der Waals surface area contributed by atoms with Crippen molar-refractivity contribution in [2.75, 3.05) is 27.2 Å². The molecule has 0 amide bonds. The first-order chi connectivity index (χ1) is 12.6. The maximum absolute atomic E-state index is 11.5. The Balaban J connectivity index is 2.57. The smallest absolute Gasteiger partial charge is 0.320 e. The third-order valence-electron chi connectivity index (χ3n) is 4.87. The van der Waals surface area contributed by atoms with E-state index >= 15 is 0 Å². The van der Waals surface area contributed by atoms with Gasteiger partial charge in [-0.3, -0.25) is 9.69 Å². The minimum absolute atomic E-state index is 0.204. The zero-order chi connectivity index (χ0) is 20.4. The van der Waals surface area contributed by atoms with Crippen LogP contribution in [0.25, 0.3) is 0 Å². The Hall–Kier alpha value is -1.87. The van der Waals surface area contributed by atoms with E-state index in [4.69, 9.17) is 4.74 Å². The van der Waals surface area contributed by atoms with Gasteiger partial charge in [0.15, 0.2) is 0 Å². The van der Waals surface area contributed by atoms with Crippen LogP contribution in [-0.4, -0.2) is 38.1 Å². The van der Waals surface area contributed by atoms with Crippen molar-refractivity contribution in [2.24, 2.45) is 5.41 Å². The van der Waals surface area contributed by atoms with Crippen LogP contribution in [0, 0.1) is 5.41 Å². The largest absolute Gasteiger partial charge is 0.460 e. The summed E-state index contributed by atoms with van der Waals surface area (Å²) >= 11 is 0. The average molecular weight is 372 g/mol. The molecule has 0 spiro atoms. The van der Waals surface area contributed by atoms with Crippen molar-refractivity contribution in [1.82, 2.24) is 4.90 Å². The Kier molecular flexibility index (Phi) is 9.51. The van der Waals surface area contributed by atoms with E-state index in [1.165, 1.54) is 36.0 Å². The Bertz CT molecular complexity index is 658. The predicted octanol–water partition coefficient (Wildman–Crippen LogP) is 5.62. The van der Waals surface area contributed by atoms with E-state index in [0.717, 1.165) is 5.57 Å². The maximum atomic E-state index is 11.5. The molecule has 0 atom stereocenters. The lowest BCUT2D eigenvalue weighted by molar-refractivity contribution is -0.143. The van der Waals surface area contributed by atoms with Gasteiger partial charge in [-0.25, -0.2) is 0 Å². The van der Waals surface area contributed by atoms with Crippen LogP contribution >= 0.6 is 0 Å². The molecule has 0 aromatic carbocycles. The first-order valence-electron chi connectivity index (χ1n) is 9.82. The number of esters is 1. The topological polar surface area (TPSA) is 29.5 Å². The van der Waals surface area contributed by atoms with Gasteiger partial charge in [-0.2, -0.15) is 0 Å². The van der Waals surface area contributed by atoms with Gasteiger partial charge in [0.25, 0.3) is 0 Å². The van der Waals surface area contributed by atoms with E-state index < -0.39 is 0 Å². The number of carbonyl (C=O) groups excluding carboxylic acids is 1. The van der Waals surface area contributed by atoms with Crippen LogP contribution < -0.4 is 0 Å². The summed E-state index contributed by atoms with van der Waals surface area (Å²) in [6.07, 6.45) is 16.4. The van der Waals surface area contributed by atoms with Crippen molar-refractivity contribution in [2.45, 2.75) is 53.9 Å². The molecule has 0 bridgehead atoms. The molecule has 1 rings (SSSR count). The van der Waals surface area contributed by atoms with Gasteiger partial charge in [0.05, 0.1) is 6.54 Å². The summed E-state index contributed by atoms with van der Waals surface area (Å²) in [5.41, 5.74) is 5.58. The second-order valence-corrected chi connectivity index (χ2v) is 8.40. The van der Waals surface area contributed by atoms with Gasteiger partial charge in [0.2, 0.25) is 0 Å². The number of carbonyl (C=O) groups is 1. The Labute approximate surface area is 166 Å². The Morgan fingerprint density at radius 1 is 1.19 bits per heavy atom. The van der Waals surface area contributed by atoms with Crippen molar-refractivity contribution in [3.63, 3.8) is 0 Å². The minimum Gasteiger partial charge on any atom is -0.460 e. The highest BCUT2D eigenvalue weighted by atomic mass is 16.5. The summed E-state index contributed by atoms with van der Waals surface area (Å²) in [7, 11) is 3.70. The molecule has 1 aliphatic carbocycles. The van der Waals surface area contributed by atoms with E-state index in [1.54, 1.807) is 4.90 Å². The zero-order valence-electron chi connectivity index (χ0n) is 18.3. The molecule has 27 heavy (non-hydrogen) atoms. The van der Waals surface area contributed by atoms with Crippen molar-refractivity contribution < 1.29 is 9.53 Å². The molecule has 0 fully saturated rings. The first-order valence-corrected chi connectivity index (χ1v) is 9.82. The first kappa shape index (κ1) is 23.2. The van der Waals surface area contributed by atoms with Crippen molar-refractivity contribution in [1.29, 1.82) is 0 Å². The quantitative estimate of drug-likeness (QED) is 0.409. The third-order valence-corrected chi connectivity index (χ3v) is 4.87. The molecule has 0 saturated carbocycles. The fourth-order valence-electron chi connectivity index (χ4n) is 3.27. The average Bonchev–Trinajstić information content (AvgIpc) is 2.53. The van der Waals surface area contributed by atoms with Crippen LogP contribution in [0.15, 0.2) is 58.7 Å². The minimum atomic E-state index is -0.204. The fraction of sp³-hybridized carbons (Fsp3) is 0.542. The molecule has 0 radical (unpaired) electrons. The Morgan fingerprint density at radius 3 is 2.52 bits per heavy atom. The number of likely N-dealkylation sites (N-methyl/N-ethyl adjacent to an activating group) is 1. The summed E-state index contributed by atoms with van der Waals surface area (Å²) in [5, 5.41) is 0. The highest BCUT2D eigenvalue weighted by Gasteiger charge is 2.26. The van der Waals surface area contributed by atoms with Gasteiger partial charge >= 0.3 is 5.97 Å². The van der Waals surface area contributed by atoms with Crippen LogP contribution in [0.4, 0.5) is 0 Å². The van der Waals surface area contributed by atoms with Crippen molar-refractivity contribution >= 4 is 5.97 Å². The highest BCUT2D eigenvalue weighted by molar-refractivity contribution is 5.71. The summed E-state index contributed by atoms with van der Waals surface area (Å²) < 4.78 is 5.16. The summed E-state index contributed by atoms with van der Waals surface area (Å²) in [6, 6.07) is 0. The third kappa shape index (κ3) is 9.05. The fourth-order valence-corrected chi connectivity index (χ4v) is 3.27. The molecular formula is C24H37NO2. The number of hydrogen-bond acceptors (Lipinski definition) is 3. The number of nitrogens with zero attached hydrogens (tertiary/aromatic N) is 1. The second kappa shape index (κ2) is 11.1. The molecule has 150 valence electrons. The van der Waals surface area contributed by atoms with E-state index in [-0.39, 0.29) is 11.4 Å². The van der Waals surface area contributed by atoms with Crippen LogP contribution in [0.2, 0.25) is 0 Å². The van der Waals surface area contributed by atoms with Crippen LogP contribution in [0.5, 0.6) is 0 Å². The summed E-state index contributed by atoms with van der Waals surface area (Å²) in [4.78, 5) is 13.3. The highest BCUT2D eigenvalue weighted by Crippen LogP contribution is 2.40. The molecule has 0 aromatic heterocycles. The van der Waals surface area contributed by atoms with E-state index in [1.807, 2.05) is 39.2 Å². The van der Waals surface area contributed by atoms with E-state index in [0.29, 0.717) is 13.2 Å². The molecular weight excluding hydrogens is 334 g/mol. The van der Waals surface area contributed by atoms with Crippen LogP contribution in [0.1, 0.15) is 53.9 Å². The zero-order valence-corrected chi connectivity index (χ0v) is 18.3. The SMILES string of the molecule is CC(C=CC1=C(C)CCCC1(C)C)=CC=CC(C)=CCOC(=O)CN(C)C. The molecule has 0 heterocycles. The molecule has 0 aliphatic heterocycles. The number of hydrogen-bond donors (Lipinski definition) is 0. The molecule has 0 aromatic rings. The van der Waals surface area contributed by atoms with Crippen LogP contribution in [0.3, 0.4) is 0 Å². The maximum Gasteiger partial charge on any atom is 0.320 e. The van der Waals surface area contributed by atoms with Gasteiger partial charge in [0, 0.05) is 0 Å². The lowest BCUT2D eigenvalue weighted by Crippen LogP contribution is -2.23. The monoisotopic (exact) mass is 371 g/mol. The standard InChI is InChI=1S/C24H37NO2/c1-19(13-14-22-21(3)12-9-16-24(22,4)5)10-8-11-20(2)15-17-27-23(26)18-25(6)7/h8,10-11,13-15H,9,12,16-18H2,1-7H3. The van der Waals surface area contributed by atoms with Crippen LogP contribution in [-0.2, 0) is 9.53 Å². The number of ether oxygens (including phenoxy) is 1. The number of rotatable bonds is 8. The molecule has 0 N–H and O–H groups in total. The molecule has 3 heteroatoms. The van der Waals surface area contributed by atoms with Gasteiger partial charge < -0.3 is 4.74 Å². The van der Waals surface area contributed by atoms with Gasteiger partial charge in [-0.05, 0) is 71.2 Å². The molecule has 0 unspecified atom stereocenters. The van der Waals surface area contributed by atoms with Gasteiger partial charge in [-0.1, -0.05) is 60.9 Å². The van der Waals surface area contributed by atoms with Crippen molar-refractivity contribution in [3.05, 3.63) is 58.7 Å². The van der Waals surface area contributed by atoms with Gasteiger partial charge in [-0.15, -0.1) is 0 Å². The van der Waals surface area contributed by atoms with Crippen molar-refractivity contribution in [3.8, 4) is 0 Å². The lowest BCUT2D eigenvalue weighted by Gasteiger charge is -2.32. The molecule has 1 aliphatic rings. The Morgan fingerprint density at radius 2 is 1.89 bits per heavy atom. The number of allylic oxidation sites excluding steroid dienone is 9.